The van der Waals surface area contributed by atoms with Crippen molar-refractivity contribution in [3.63, 3.8) is 0 Å². The molecule has 0 amide bonds. The number of aliphatic hydroxyl groups is 1. The van der Waals surface area contributed by atoms with Gasteiger partial charge in [0.2, 0.25) is 0 Å². The molecule has 38 heavy (non-hydrogen) atoms. The van der Waals surface area contributed by atoms with Gasteiger partial charge in [-0.2, -0.15) is 5.10 Å². The average molecular weight is 523 g/mol. The lowest BCUT2D eigenvalue weighted by atomic mass is 9.32. The molecule has 10 atom stereocenters. The van der Waals surface area contributed by atoms with E-state index in [1.807, 2.05) is 0 Å². The molecule has 2 N–H and O–H groups in total. The van der Waals surface area contributed by atoms with Crippen LogP contribution in [-0.2, 0) is 23.2 Å². The highest BCUT2D eigenvalue weighted by molar-refractivity contribution is 5.76. The zero-order chi connectivity index (χ0) is 27.5. The van der Waals surface area contributed by atoms with Gasteiger partial charge in [0.15, 0.2) is 0 Å². The molecule has 4 saturated carbocycles. The maximum atomic E-state index is 12.9. The van der Waals surface area contributed by atoms with E-state index in [1.165, 1.54) is 11.1 Å². The molecular formula is C33H50N2O3. The predicted octanol–water partition coefficient (Wildman–Crippen LogP) is 6.63. The molecule has 0 aromatic carbocycles. The predicted molar refractivity (Wildman–Crippen MR) is 150 cm³/mol. The molecule has 5 aliphatic rings. The lowest BCUT2D eigenvalue weighted by Gasteiger charge is -2.72. The average Bonchev–Trinajstić information content (AvgIpc) is 3.47. The molecule has 1 aromatic rings. The first kappa shape index (κ1) is 26.6. The molecule has 1 aromatic heterocycles. The number of rotatable bonds is 4. The number of carboxylic acids is 1. The van der Waals surface area contributed by atoms with Crippen LogP contribution in [0.3, 0.4) is 0 Å². The minimum Gasteiger partial charge on any atom is -0.481 e. The van der Waals surface area contributed by atoms with Gasteiger partial charge >= 0.3 is 5.97 Å². The second kappa shape index (κ2) is 8.21. The number of fused-ring (bicyclic) bond motifs is 8. The van der Waals surface area contributed by atoms with Crippen molar-refractivity contribution in [3.05, 3.63) is 29.6 Å². The minimum atomic E-state index is -0.567. The zero-order valence-corrected chi connectivity index (χ0v) is 24.6. The van der Waals surface area contributed by atoms with Crippen molar-refractivity contribution in [2.45, 2.75) is 111 Å². The lowest BCUT2D eigenvalue weighted by Crippen LogP contribution is -2.67. The Morgan fingerprint density at radius 1 is 1.05 bits per heavy atom. The summed E-state index contributed by atoms with van der Waals surface area (Å²) in [5.41, 5.74) is 3.15. The van der Waals surface area contributed by atoms with E-state index in [2.05, 4.69) is 59.0 Å². The van der Waals surface area contributed by atoms with Gasteiger partial charge < -0.3 is 10.2 Å². The molecule has 0 radical (unpaired) electrons. The van der Waals surface area contributed by atoms with Crippen LogP contribution in [0.5, 0.6) is 0 Å². The highest BCUT2D eigenvalue weighted by atomic mass is 16.4. The molecule has 0 bridgehead atoms. The standard InChI is InChI=1S/C33H50N2O3/c1-8-35-18-21-17-29(4)24(30(5,19-36)27(21)34-35)12-13-32(7)25(29)10-9-23-26-22(20(2)3)11-14-33(26,28(37)38)16-15-31(23,32)6/h18,22-26,36H,2,8-17,19H2,1,3-7H3,(H,37,38)/t22-,23+,24+,25+,26+,29-,30-,31+,32+,33-/m0/s1. The summed E-state index contributed by atoms with van der Waals surface area (Å²) in [4.78, 5) is 12.9. The number of carbonyl (C=O) groups is 1. The first-order valence-electron chi connectivity index (χ1n) is 15.4. The van der Waals surface area contributed by atoms with E-state index in [0.717, 1.165) is 70.0 Å². The van der Waals surface area contributed by atoms with E-state index in [4.69, 9.17) is 5.10 Å². The van der Waals surface area contributed by atoms with Gasteiger partial charge in [-0.3, -0.25) is 9.48 Å². The lowest BCUT2D eigenvalue weighted by molar-refractivity contribution is -0.229. The molecule has 0 spiro atoms. The summed E-state index contributed by atoms with van der Waals surface area (Å²) in [6, 6.07) is 0. The molecule has 0 saturated heterocycles. The molecule has 0 aliphatic heterocycles. The number of hydrogen-bond acceptors (Lipinski definition) is 3. The Kier molecular flexibility index (Phi) is 5.74. The summed E-state index contributed by atoms with van der Waals surface area (Å²) in [7, 11) is 0. The number of aryl methyl sites for hydroxylation is 1. The summed E-state index contributed by atoms with van der Waals surface area (Å²) >= 11 is 0. The Bertz CT molecular complexity index is 1170. The fraction of sp³-hybridized carbons (Fsp3) is 0.818. The van der Waals surface area contributed by atoms with Crippen LogP contribution >= 0.6 is 0 Å². The van der Waals surface area contributed by atoms with E-state index in [1.54, 1.807) is 0 Å². The first-order chi connectivity index (χ1) is 17.8. The van der Waals surface area contributed by atoms with Gasteiger partial charge in [0.05, 0.1) is 17.7 Å². The number of allylic oxidation sites excluding steroid dienone is 1. The van der Waals surface area contributed by atoms with Crippen LogP contribution in [0.25, 0.3) is 0 Å². The minimum absolute atomic E-state index is 0.0951. The molecular weight excluding hydrogens is 472 g/mol. The molecule has 5 heteroatoms. The molecule has 210 valence electrons. The van der Waals surface area contributed by atoms with E-state index in [-0.39, 0.29) is 34.2 Å². The number of aromatic nitrogens is 2. The van der Waals surface area contributed by atoms with Gasteiger partial charge in [0.25, 0.3) is 0 Å². The number of carboxylic acid groups (broad SMARTS) is 1. The van der Waals surface area contributed by atoms with E-state index < -0.39 is 11.4 Å². The second-order valence-electron chi connectivity index (χ2n) is 15.3. The van der Waals surface area contributed by atoms with E-state index >= 15 is 0 Å². The van der Waals surface area contributed by atoms with Crippen LogP contribution in [0.1, 0.15) is 104 Å². The van der Waals surface area contributed by atoms with Gasteiger partial charge in [0, 0.05) is 18.2 Å². The highest BCUT2D eigenvalue weighted by Gasteiger charge is 2.72. The molecule has 1 heterocycles. The van der Waals surface area contributed by atoms with Crippen molar-refractivity contribution in [1.29, 1.82) is 0 Å². The quantitative estimate of drug-likeness (QED) is 0.435. The van der Waals surface area contributed by atoms with Crippen LogP contribution in [0.2, 0.25) is 0 Å². The smallest absolute Gasteiger partial charge is 0.309 e. The summed E-state index contributed by atoms with van der Waals surface area (Å²) in [6.45, 7) is 19.6. The Morgan fingerprint density at radius 3 is 2.42 bits per heavy atom. The van der Waals surface area contributed by atoms with Crippen molar-refractivity contribution >= 4 is 5.97 Å². The van der Waals surface area contributed by atoms with Crippen LogP contribution in [0.4, 0.5) is 0 Å². The number of aliphatic hydroxyl groups excluding tert-OH is 1. The van der Waals surface area contributed by atoms with Crippen molar-refractivity contribution in [2.75, 3.05) is 6.61 Å². The van der Waals surface area contributed by atoms with Gasteiger partial charge in [-0.15, -0.1) is 0 Å². The normalized spacial score (nSPS) is 49.3. The summed E-state index contributed by atoms with van der Waals surface area (Å²) in [6.07, 6.45) is 11.5. The van der Waals surface area contributed by atoms with Crippen molar-refractivity contribution in [2.24, 2.45) is 51.2 Å². The fourth-order valence-electron chi connectivity index (χ4n) is 12.2. The third-order valence-corrected chi connectivity index (χ3v) is 14.1. The number of nitrogens with zero attached hydrogens (tertiary/aromatic N) is 2. The van der Waals surface area contributed by atoms with E-state index in [0.29, 0.717) is 23.7 Å². The summed E-state index contributed by atoms with van der Waals surface area (Å²) in [5, 5.41) is 26.5. The number of hydrogen-bond donors (Lipinski definition) is 2. The molecule has 5 aliphatic carbocycles. The van der Waals surface area contributed by atoms with Crippen molar-refractivity contribution in [3.8, 4) is 0 Å². The zero-order valence-electron chi connectivity index (χ0n) is 24.6. The Hall–Kier alpha value is -1.62. The molecule has 5 nitrogen and oxygen atoms in total. The Balaban J connectivity index is 1.44. The first-order valence-corrected chi connectivity index (χ1v) is 15.4. The van der Waals surface area contributed by atoms with Gasteiger partial charge in [-0.05, 0) is 123 Å². The molecule has 6 rings (SSSR count). The van der Waals surface area contributed by atoms with Gasteiger partial charge in [-0.1, -0.05) is 39.8 Å². The van der Waals surface area contributed by atoms with E-state index in [9.17, 15) is 15.0 Å². The van der Waals surface area contributed by atoms with Crippen LogP contribution in [0.15, 0.2) is 18.3 Å². The SMILES string of the molecule is C=C(C)[C@@H]1CC[C@]2(C(=O)O)CC[C@]3(C)[C@H](CC[C@@H]4[C@@]5(C)Cc6cn(CC)nc6[C@@](C)(CO)[C@@H]5CC[C@]43C)[C@@H]12. The summed E-state index contributed by atoms with van der Waals surface area (Å²) < 4.78 is 2.07. The molecule has 0 unspecified atom stereocenters. The van der Waals surface area contributed by atoms with Crippen molar-refractivity contribution in [1.82, 2.24) is 9.78 Å². The maximum absolute atomic E-state index is 12.9. The largest absolute Gasteiger partial charge is 0.481 e. The van der Waals surface area contributed by atoms with Gasteiger partial charge in [0.1, 0.15) is 0 Å². The fourth-order valence-corrected chi connectivity index (χ4v) is 12.2. The Labute approximate surface area is 229 Å². The Morgan fingerprint density at radius 2 is 1.79 bits per heavy atom. The van der Waals surface area contributed by atoms with Crippen LogP contribution in [0, 0.1) is 51.2 Å². The highest BCUT2D eigenvalue weighted by Crippen LogP contribution is 2.77. The number of aliphatic carboxylic acids is 1. The summed E-state index contributed by atoms with van der Waals surface area (Å²) in [5.74, 6) is 1.38. The second-order valence-corrected chi connectivity index (χ2v) is 15.3. The third kappa shape index (κ3) is 2.98. The molecule has 4 fully saturated rings. The van der Waals surface area contributed by atoms with Crippen LogP contribution in [-0.4, -0.2) is 32.6 Å². The third-order valence-electron chi connectivity index (χ3n) is 14.1. The van der Waals surface area contributed by atoms with Crippen LogP contribution < -0.4 is 0 Å². The topological polar surface area (TPSA) is 75.3 Å². The monoisotopic (exact) mass is 522 g/mol. The van der Waals surface area contributed by atoms with Gasteiger partial charge in [-0.25, -0.2) is 0 Å². The van der Waals surface area contributed by atoms with Crippen molar-refractivity contribution < 1.29 is 15.0 Å². The maximum Gasteiger partial charge on any atom is 0.309 e.